The van der Waals surface area contributed by atoms with Crippen molar-refractivity contribution in [3.63, 3.8) is 0 Å². The van der Waals surface area contributed by atoms with E-state index in [2.05, 4.69) is 4.98 Å². The van der Waals surface area contributed by atoms with E-state index in [1.54, 1.807) is 55.6 Å². The average Bonchev–Trinajstić information content (AvgIpc) is 3.22. The van der Waals surface area contributed by atoms with E-state index in [0.29, 0.717) is 22.6 Å². The number of hydrogen-bond donors (Lipinski definition) is 0. The number of imidazole rings is 1. The first-order valence-electron chi connectivity index (χ1n) is 12.2. The van der Waals surface area contributed by atoms with Gasteiger partial charge < -0.3 is 14.2 Å². The molecule has 1 aliphatic rings. The number of hydrogen-bond acceptors (Lipinski definition) is 5. The lowest BCUT2D eigenvalue weighted by Gasteiger charge is -2.43. The zero-order chi connectivity index (χ0) is 27.1. The van der Waals surface area contributed by atoms with Gasteiger partial charge >= 0.3 is 0 Å². The van der Waals surface area contributed by atoms with Crippen LogP contribution >= 0.6 is 0 Å². The van der Waals surface area contributed by atoms with Crippen molar-refractivity contribution < 1.29 is 32.2 Å². The predicted molar refractivity (Wildman–Crippen MR) is 134 cm³/mol. The van der Waals surface area contributed by atoms with Gasteiger partial charge in [0.05, 0.1) is 24.5 Å². The van der Waals surface area contributed by atoms with Gasteiger partial charge in [-0.1, -0.05) is 18.2 Å². The quantitative estimate of drug-likeness (QED) is 0.281. The minimum absolute atomic E-state index is 0.0211. The third-order valence-electron chi connectivity index (χ3n) is 6.81. The van der Waals surface area contributed by atoms with Crippen LogP contribution in [0, 0.1) is 24.4 Å². The Balaban J connectivity index is 1.47. The fourth-order valence-corrected chi connectivity index (χ4v) is 4.71. The number of ether oxygens (including phenoxy) is 3. The van der Waals surface area contributed by atoms with Crippen molar-refractivity contribution in [2.75, 3.05) is 13.2 Å². The van der Waals surface area contributed by atoms with E-state index in [0.717, 1.165) is 12.1 Å². The molecule has 198 valence electrons. The molecule has 38 heavy (non-hydrogen) atoms. The molecule has 0 unspecified atom stereocenters. The van der Waals surface area contributed by atoms with E-state index in [9.17, 15) is 18.0 Å². The van der Waals surface area contributed by atoms with Crippen LogP contribution in [0.2, 0.25) is 0 Å². The van der Waals surface area contributed by atoms with E-state index in [-0.39, 0.29) is 43.3 Å². The topological polar surface area (TPSA) is 62.1 Å². The van der Waals surface area contributed by atoms with Gasteiger partial charge in [-0.3, -0.25) is 9.20 Å². The summed E-state index contributed by atoms with van der Waals surface area (Å²) in [5.74, 6) is -2.65. The van der Waals surface area contributed by atoms with Crippen molar-refractivity contribution in [1.82, 2.24) is 9.38 Å². The minimum Gasteiger partial charge on any atom is -0.485 e. The predicted octanol–water partition coefficient (Wildman–Crippen LogP) is 5.93. The Morgan fingerprint density at radius 1 is 1.03 bits per heavy atom. The van der Waals surface area contributed by atoms with Crippen LogP contribution in [0.4, 0.5) is 13.2 Å². The van der Waals surface area contributed by atoms with Crippen LogP contribution in [-0.2, 0) is 21.5 Å². The molecule has 1 fully saturated rings. The van der Waals surface area contributed by atoms with Gasteiger partial charge in [0.2, 0.25) is 0 Å². The van der Waals surface area contributed by atoms with Crippen LogP contribution in [0.1, 0.15) is 47.6 Å². The lowest BCUT2D eigenvalue weighted by molar-refractivity contribution is -0.269. The van der Waals surface area contributed by atoms with Crippen molar-refractivity contribution in [2.24, 2.45) is 0 Å². The number of ketones is 1. The smallest absolute Gasteiger partial charge is 0.182 e. The number of halogens is 3. The first kappa shape index (κ1) is 25.9. The average molecular weight is 525 g/mol. The summed E-state index contributed by atoms with van der Waals surface area (Å²) in [7, 11) is 0. The Morgan fingerprint density at radius 3 is 2.39 bits per heavy atom. The maximum absolute atomic E-state index is 14.2. The molecular weight excluding hydrogens is 497 g/mol. The second-order valence-electron chi connectivity index (χ2n) is 9.97. The zero-order valence-electron chi connectivity index (χ0n) is 21.3. The van der Waals surface area contributed by atoms with E-state index >= 15 is 0 Å². The van der Waals surface area contributed by atoms with Gasteiger partial charge in [0.1, 0.15) is 29.8 Å². The number of aromatic nitrogens is 2. The van der Waals surface area contributed by atoms with Crippen LogP contribution < -0.4 is 4.74 Å². The van der Waals surface area contributed by atoms with Gasteiger partial charge in [0.25, 0.3) is 0 Å². The van der Waals surface area contributed by atoms with Gasteiger partial charge in [-0.05, 0) is 62.7 Å². The molecule has 2 aromatic heterocycles. The first-order chi connectivity index (χ1) is 18.1. The second-order valence-corrected chi connectivity index (χ2v) is 9.97. The van der Waals surface area contributed by atoms with E-state index in [4.69, 9.17) is 14.2 Å². The normalized spacial score (nSPS) is 16.5. The Hall–Kier alpha value is -3.69. The van der Waals surface area contributed by atoms with E-state index < -0.39 is 28.7 Å². The van der Waals surface area contributed by atoms with Crippen LogP contribution in [0.5, 0.6) is 5.75 Å². The zero-order valence-corrected chi connectivity index (χ0v) is 21.3. The summed E-state index contributed by atoms with van der Waals surface area (Å²) in [5.41, 5.74) is 0.595. The molecule has 3 heterocycles. The van der Waals surface area contributed by atoms with Crippen LogP contribution in [0.25, 0.3) is 5.65 Å². The number of carbonyl (C=O) groups excluding carboxylic acids is 1. The second kappa shape index (κ2) is 9.89. The van der Waals surface area contributed by atoms with Crippen molar-refractivity contribution in [3.05, 3.63) is 101 Å². The molecular formula is C29H27F3N2O4. The number of benzene rings is 2. The number of fused-ring (bicyclic) bond motifs is 1. The lowest BCUT2D eigenvalue weighted by atomic mass is 9.76. The summed E-state index contributed by atoms with van der Waals surface area (Å²) in [6.07, 6.45) is 1.65. The third kappa shape index (κ3) is 4.91. The molecule has 0 amide bonds. The van der Waals surface area contributed by atoms with Crippen molar-refractivity contribution in [2.45, 2.75) is 45.0 Å². The summed E-state index contributed by atoms with van der Waals surface area (Å²) in [4.78, 5) is 18.3. The summed E-state index contributed by atoms with van der Waals surface area (Å²) < 4.78 is 61.5. The molecule has 0 aliphatic carbocycles. The number of aryl methyl sites for hydroxylation is 1. The van der Waals surface area contributed by atoms with Gasteiger partial charge in [0, 0.05) is 18.0 Å². The molecule has 1 saturated heterocycles. The monoisotopic (exact) mass is 524 g/mol. The summed E-state index contributed by atoms with van der Waals surface area (Å²) in [6.45, 7) is 5.25. The third-order valence-corrected chi connectivity index (χ3v) is 6.81. The van der Waals surface area contributed by atoms with E-state index in [1.165, 1.54) is 18.2 Å². The molecule has 1 aliphatic heterocycles. The molecule has 0 spiro atoms. The molecule has 4 aromatic rings. The van der Waals surface area contributed by atoms with Crippen molar-refractivity contribution >= 4 is 11.4 Å². The number of rotatable bonds is 7. The number of nitrogens with zero attached hydrogens (tertiary/aromatic N) is 2. The standard InChI is InChI=1S/C29H27F3N2O4/c1-18-26(24(35)14-29(16-37-28(2,3)38-17-29)19-7-4-8-20(30)13-19)34-12-6-11-25(27(34)33-18)36-15-21-22(31)9-5-10-23(21)32/h4-13H,14-17H2,1-3H3. The molecule has 0 bridgehead atoms. The summed E-state index contributed by atoms with van der Waals surface area (Å²) in [5, 5.41) is 0. The Morgan fingerprint density at radius 2 is 1.71 bits per heavy atom. The maximum Gasteiger partial charge on any atom is 0.182 e. The molecule has 9 heteroatoms. The lowest BCUT2D eigenvalue weighted by Crippen LogP contribution is -2.50. The van der Waals surface area contributed by atoms with Crippen molar-refractivity contribution in [3.8, 4) is 5.75 Å². The maximum atomic E-state index is 14.2. The highest BCUT2D eigenvalue weighted by atomic mass is 19.1. The molecule has 6 nitrogen and oxygen atoms in total. The van der Waals surface area contributed by atoms with E-state index in [1.807, 2.05) is 0 Å². The minimum atomic E-state index is -0.915. The Bertz CT molecular complexity index is 1480. The number of pyridine rings is 1. The molecule has 0 saturated carbocycles. The molecule has 2 aromatic carbocycles. The molecule has 0 radical (unpaired) electrons. The highest BCUT2D eigenvalue weighted by Crippen LogP contribution is 2.38. The van der Waals surface area contributed by atoms with Gasteiger partial charge in [-0.2, -0.15) is 0 Å². The van der Waals surface area contributed by atoms with Crippen LogP contribution in [0.15, 0.2) is 60.8 Å². The Kier molecular flexibility index (Phi) is 6.75. The van der Waals surface area contributed by atoms with Crippen molar-refractivity contribution in [1.29, 1.82) is 0 Å². The van der Waals surface area contributed by atoms with Gasteiger partial charge in [0.15, 0.2) is 23.0 Å². The van der Waals surface area contributed by atoms with Gasteiger partial charge in [-0.15, -0.1) is 0 Å². The first-order valence-corrected chi connectivity index (χ1v) is 12.2. The fraction of sp³-hybridized carbons (Fsp3) is 0.310. The highest BCUT2D eigenvalue weighted by Gasteiger charge is 2.44. The molecule has 0 atom stereocenters. The van der Waals surface area contributed by atoms with Gasteiger partial charge in [-0.25, -0.2) is 18.2 Å². The van der Waals surface area contributed by atoms with Crippen LogP contribution in [0.3, 0.4) is 0 Å². The number of carbonyl (C=O) groups is 1. The van der Waals surface area contributed by atoms with Crippen LogP contribution in [-0.4, -0.2) is 34.2 Å². The fourth-order valence-electron chi connectivity index (χ4n) is 4.71. The largest absolute Gasteiger partial charge is 0.485 e. The summed E-state index contributed by atoms with van der Waals surface area (Å²) in [6, 6.07) is 13.0. The highest BCUT2D eigenvalue weighted by molar-refractivity contribution is 5.97. The SMILES string of the molecule is Cc1nc2c(OCc3c(F)cccc3F)cccn2c1C(=O)CC1(c2cccc(F)c2)COC(C)(C)OC1. The Labute approximate surface area is 218 Å². The summed E-state index contributed by atoms with van der Waals surface area (Å²) >= 11 is 0. The molecule has 0 N–H and O–H groups in total. The number of Topliss-reactive ketones (excluding diaryl/α,β-unsaturated/α-hetero) is 1. The molecule has 5 rings (SSSR count).